The van der Waals surface area contributed by atoms with Crippen molar-refractivity contribution in [3.8, 4) is 0 Å². The van der Waals surface area contributed by atoms with Crippen LogP contribution in [0.4, 0.5) is 17.1 Å². The zero-order chi connectivity index (χ0) is 24.4. The maximum Gasteiger partial charge on any atom is 0.234 e. The molecule has 0 spiro atoms. The molecule has 7 nitrogen and oxygen atoms in total. The van der Waals surface area contributed by atoms with Crippen LogP contribution >= 0.6 is 0 Å². The molecule has 1 atom stereocenters. The van der Waals surface area contributed by atoms with Crippen molar-refractivity contribution in [3.05, 3.63) is 53.6 Å². The van der Waals surface area contributed by atoms with Crippen molar-refractivity contribution in [3.63, 3.8) is 0 Å². The Morgan fingerprint density at radius 3 is 2.17 bits per heavy atom. The Kier molecular flexibility index (Phi) is 6.95. The van der Waals surface area contributed by atoms with Gasteiger partial charge in [-0.25, -0.2) is 0 Å². The van der Waals surface area contributed by atoms with Crippen molar-refractivity contribution < 1.29 is 9.59 Å². The number of nitrogens with two attached hydrogens (primary N) is 1. The Bertz CT molecular complexity index is 1050. The van der Waals surface area contributed by atoms with Crippen molar-refractivity contribution in [2.24, 2.45) is 5.92 Å². The molecule has 0 radical (unpaired) electrons. The number of nitrogens with zero attached hydrogens (tertiary/aromatic N) is 3. The van der Waals surface area contributed by atoms with Crippen molar-refractivity contribution in [2.45, 2.75) is 38.5 Å². The van der Waals surface area contributed by atoms with Crippen LogP contribution in [0.5, 0.6) is 0 Å². The molecule has 35 heavy (non-hydrogen) atoms. The number of imide groups is 1. The first-order valence-corrected chi connectivity index (χ1v) is 13.0. The van der Waals surface area contributed by atoms with Crippen LogP contribution in [0.25, 0.3) is 0 Å². The first kappa shape index (κ1) is 23.7. The van der Waals surface area contributed by atoms with Gasteiger partial charge in [-0.15, -0.1) is 0 Å². The van der Waals surface area contributed by atoms with Gasteiger partial charge < -0.3 is 15.5 Å². The lowest BCUT2D eigenvalue weighted by molar-refractivity contribution is -0.134. The van der Waals surface area contributed by atoms with Crippen molar-refractivity contribution in [1.29, 1.82) is 0 Å². The summed E-state index contributed by atoms with van der Waals surface area (Å²) in [6.07, 6.45) is 3.50. The van der Waals surface area contributed by atoms with E-state index >= 15 is 0 Å². The van der Waals surface area contributed by atoms with E-state index in [9.17, 15) is 9.59 Å². The molecule has 3 fully saturated rings. The van der Waals surface area contributed by atoms with Crippen LogP contribution in [0.1, 0.15) is 42.7 Å². The lowest BCUT2D eigenvalue weighted by Crippen LogP contribution is -2.49. The highest BCUT2D eigenvalue weighted by Gasteiger charge is 2.29. The molecule has 1 unspecified atom stereocenters. The van der Waals surface area contributed by atoms with Gasteiger partial charge >= 0.3 is 0 Å². The Labute approximate surface area is 208 Å². The molecule has 2 aromatic carbocycles. The van der Waals surface area contributed by atoms with E-state index in [1.807, 2.05) is 12.1 Å². The van der Waals surface area contributed by atoms with E-state index in [-0.39, 0.29) is 17.7 Å². The van der Waals surface area contributed by atoms with Crippen LogP contribution in [0, 0.1) is 12.8 Å². The van der Waals surface area contributed by atoms with Gasteiger partial charge in [0.05, 0.1) is 5.92 Å². The molecule has 0 aromatic heterocycles. The minimum atomic E-state index is -0.218. The summed E-state index contributed by atoms with van der Waals surface area (Å²) in [4.78, 5) is 31.3. The molecular weight excluding hydrogens is 438 g/mol. The molecule has 3 N–H and O–H groups in total. The van der Waals surface area contributed by atoms with Crippen LogP contribution < -0.4 is 20.9 Å². The van der Waals surface area contributed by atoms with Crippen molar-refractivity contribution >= 4 is 28.9 Å². The SMILES string of the molecule is Cc1cc(N2CCN(CC3CCN(c4ccc(N)cc4)CC3)CC2)ccc1C1CCC(=O)NC1=O. The van der Waals surface area contributed by atoms with Crippen molar-refractivity contribution in [1.82, 2.24) is 10.2 Å². The molecule has 3 saturated heterocycles. The zero-order valence-corrected chi connectivity index (χ0v) is 20.7. The standard InChI is InChI=1S/C28H37N5O2/c1-20-18-24(6-7-25(20)26-8-9-27(34)30-28(26)35)33-16-14-31(15-17-33)19-21-10-12-32(13-11-21)23-4-2-22(29)3-5-23/h2-7,18,21,26H,8-17,19,29H2,1H3,(H,30,34,35). The third-order valence-electron chi connectivity index (χ3n) is 7.99. The maximum absolute atomic E-state index is 12.3. The van der Waals surface area contributed by atoms with Gasteiger partial charge in [-0.05, 0) is 79.6 Å². The molecule has 3 aliphatic heterocycles. The summed E-state index contributed by atoms with van der Waals surface area (Å²) in [5.41, 5.74) is 11.3. The summed E-state index contributed by atoms with van der Waals surface area (Å²) >= 11 is 0. The molecule has 3 heterocycles. The molecular formula is C28H37N5O2. The highest BCUT2D eigenvalue weighted by molar-refractivity contribution is 6.01. The second-order valence-electron chi connectivity index (χ2n) is 10.4. The van der Waals surface area contributed by atoms with E-state index in [1.165, 1.54) is 30.8 Å². The molecule has 0 bridgehead atoms. The zero-order valence-electron chi connectivity index (χ0n) is 20.7. The molecule has 186 valence electrons. The van der Waals surface area contributed by atoms with Gasteiger partial charge in [0.1, 0.15) is 0 Å². The second-order valence-corrected chi connectivity index (χ2v) is 10.4. The maximum atomic E-state index is 12.3. The number of hydrogen-bond acceptors (Lipinski definition) is 6. The average Bonchev–Trinajstić information content (AvgIpc) is 2.86. The van der Waals surface area contributed by atoms with Crippen molar-refractivity contribution in [2.75, 3.05) is 61.3 Å². The number of amides is 2. The first-order valence-electron chi connectivity index (χ1n) is 13.0. The molecule has 0 saturated carbocycles. The highest BCUT2D eigenvalue weighted by atomic mass is 16.2. The Hall–Kier alpha value is -3.06. The van der Waals surface area contributed by atoms with E-state index in [4.69, 9.17) is 5.73 Å². The number of rotatable bonds is 5. The smallest absolute Gasteiger partial charge is 0.234 e. The quantitative estimate of drug-likeness (QED) is 0.511. The number of anilines is 3. The number of nitrogens with one attached hydrogen (secondary N) is 1. The van der Waals surface area contributed by atoms with E-state index in [2.05, 4.69) is 57.3 Å². The Morgan fingerprint density at radius 2 is 1.51 bits per heavy atom. The predicted molar refractivity (Wildman–Crippen MR) is 141 cm³/mol. The Balaban J connectivity index is 1.10. The monoisotopic (exact) mass is 475 g/mol. The van der Waals surface area contributed by atoms with E-state index in [1.54, 1.807) is 0 Å². The summed E-state index contributed by atoms with van der Waals surface area (Å²) in [5, 5.41) is 2.48. The summed E-state index contributed by atoms with van der Waals surface area (Å²) < 4.78 is 0. The fourth-order valence-corrected chi connectivity index (χ4v) is 5.85. The number of hydrogen-bond donors (Lipinski definition) is 2. The number of piperidine rings is 2. The first-order chi connectivity index (χ1) is 17.0. The van der Waals surface area contributed by atoms with Gasteiger partial charge in [-0.1, -0.05) is 6.07 Å². The van der Waals surface area contributed by atoms with Crippen LogP contribution in [0.2, 0.25) is 0 Å². The van der Waals surface area contributed by atoms with Crippen LogP contribution in [0.3, 0.4) is 0 Å². The van der Waals surface area contributed by atoms with Gasteiger partial charge in [-0.2, -0.15) is 0 Å². The van der Waals surface area contributed by atoms with Gasteiger partial charge in [0, 0.05) is 69.3 Å². The third-order valence-corrected chi connectivity index (χ3v) is 7.99. The summed E-state index contributed by atoms with van der Waals surface area (Å²) in [7, 11) is 0. The van der Waals surface area contributed by atoms with Gasteiger partial charge in [-0.3, -0.25) is 19.8 Å². The normalized spacial score (nSPS) is 22.4. The number of piperazine rings is 1. The largest absolute Gasteiger partial charge is 0.399 e. The number of benzene rings is 2. The molecule has 2 amide bonds. The third kappa shape index (κ3) is 5.45. The van der Waals surface area contributed by atoms with E-state index < -0.39 is 0 Å². The lowest BCUT2D eigenvalue weighted by atomic mass is 9.87. The molecule has 7 heteroatoms. The minimum Gasteiger partial charge on any atom is -0.399 e. The number of carbonyl (C=O) groups is 2. The summed E-state index contributed by atoms with van der Waals surface area (Å²) in [5.74, 6) is 0.224. The van der Waals surface area contributed by atoms with Gasteiger partial charge in [0.25, 0.3) is 0 Å². The van der Waals surface area contributed by atoms with Crippen LogP contribution in [-0.2, 0) is 9.59 Å². The average molecular weight is 476 g/mol. The Morgan fingerprint density at radius 1 is 0.857 bits per heavy atom. The fraction of sp³-hybridized carbons (Fsp3) is 0.500. The summed E-state index contributed by atoms with van der Waals surface area (Å²) in [6.45, 7) is 9.74. The molecule has 5 rings (SSSR count). The lowest BCUT2D eigenvalue weighted by Gasteiger charge is -2.40. The van der Waals surface area contributed by atoms with Crippen LogP contribution in [-0.4, -0.2) is 62.5 Å². The number of carbonyl (C=O) groups excluding carboxylic acids is 2. The predicted octanol–water partition coefficient (Wildman–Crippen LogP) is 3.14. The molecule has 0 aliphatic carbocycles. The number of aryl methyl sites for hydroxylation is 1. The molecule has 2 aromatic rings. The summed E-state index contributed by atoms with van der Waals surface area (Å²) in [6, 6.07) is 14.7. The van der Waals surface area contributed by atoms with Gasteiger partial charge in [0.15, 0.2) is 0 Å². The second kappa shape index (κ2) is 10.3. The van der Waals surface area contributed by atoms with Crippen LogP contribution in [0.15, 0.2) is 42.5 Å². The van der Waals surface area contributed by atoms with E-state index in [0.29, 0.717) is 12.8 Å². The topological polar surface area (TPSA) is 81.9 Å². The minimum absolute atomic E-state index is 0.161. The number of nitrogen functional groups attached to an aromatic ring is 1. The highest BCUT2D eigenvalue weighted by Crippen LogP contribution is 2.31. The molecule has 3 aliphatic rings. The van der Waals surface area contributed by atoms with E-state index in [0.717, 1.165) is 62.0 Å². The fourth-order valence-electron chi connectivity index (χ4n) is 5.85. The van der Waals surface area contributed by atoms with Gasteiger partial charge in [0.2, 0.25) is 11.8 Å².